The summed E-state index contributed by atoms with van der Waals surface area (Å²) in [5, 5.41) is 11.5. The zero-order valence-corrected chi connectivity index (χ0v) is 10.7. The van der Waals surface area contributed by atoms with Crippen molar-refractivity contribution in [1.82, 2.24) is 5.32 Å². The van der Waals surface area contributed by atoms with Crippen LogP contribution < -0.4 is 5.32 Å². The highest BCUT2D eigenvalue weighted by molar-refractivity contribution is 5.87. The molecule has 1 unspecified atom stereocenters. The van der Waals surface area contributed by atoms with Crippen LogP contribution in [-0.4, -0.2) is 35.7 Å². The van der Waals surface area contributed by atoms with Gasteiger partial charge in [0.2, 0.25) is 5.91 Å². The molecule has 1 amide bonds. The number of carboxylic acid groups (broad SMARTS) is 1. The van der Waals surface area contributed by atoms with Crippen LogP contribution in [0.2, 0.25) is 0 Å². The summed E-state index contributed by atoms with van der Waals surface area (Å²) in [6.07, 6.45) is 1.73. The molecule has 0 aromatic rings. The molecule has 1 rings (SSSR count). The number of aliphatic carboxylic acids is 1. The van der Waals surface area contributed by atoms with Crippen molar-refractivity contribution >= 4 is 11.9 Å². The van der Waals surface area contributed by atoms with Gasteiger partial charge in [0.05, 0.1) is 0 Å². The first kappa shape index (κ1) is 14.0. The fourth-order valence-corrected chi connectivity index (χ4v) is 1.91. The molecule has 0 saturated carbocycles. The molecule has 2 N–H and O–H groups in total. The summed E-state index contributed by atoms with van der Waals surface area (Å²) in [5.41, 5.74) is -1.21. The van der Waals surface area contributed by atoms with E-state index in [1.165, 1.54) is 13.8 Å². The van der Waals surface area contributed by atoms with Gasteiger partial charge in [-0.2, -0.15) is 0 Å². The van der Waals surface area contributed by atoms with E-state index in [0.29, 0.717) is 13.2 Å². The van der Waals surface area contributed by atoms with Gasteiger partial charge in [0.15, 0.2) is 0 Å². The maximum Gasteiger partial charge on any atom is 0.328 e. The number of hydrogen-bond donors (Lipinski definition) is 2. The Kier molecular flexibility index (Phi) is 4.51. The summed E-state index contributed by atoms with van der Waals surface area (Å²) >= 11 is 0. The summed E-state index contributed by atoms with van der Waals surface area (Å²) in [6.45, 7) is 6.20. The minimum Gasteiger partial charge on any atom is -0.480 e. The second-order valence-electron chi connectivity index (χ2n) is 5.16. The molecule has 0 radical (unpaired) electrons. The Labute approximate surface area is 102 Å². The lowest BCUT2D eigenvalue weighted by Crippen LogP contribution is -2.52. The average molecular weight is 243 g/mol. The van der Waals surface area contributed by atoms with Crippen LogP contribution >= 0.6 is 0 Å². The first-order chi connectivity index (χ1) is 7.84. The Morgan fingerprint density at radius 2 is 1.88 bits per heavy atom. The number of ether oxygens (including phenoxy) is 1. The molecule has 0 aliphatic carbocycles. The molecule has 0 aromatic carbocycles. The van der Waals surface area contributed by atoms with Crippen LogP contribution in [0.15, 0.2) is 0 Å². The predicted octanol–water partition coefficient (Wildman–Crippen LogP) is 1.03. The lowest BCUT2D eigenvalue weighted by atomic mass is 9.86. The molecule has 1 saturated heterocycles. The Balaban J connectivity index is 2.54. The summed E-state index contributed by atoms with van der Waals surface area (Å²) in [6, 6.07) is 0. The number of rotatable bonds is 4. The van der Waals surface area contributed by atoms with Crippen LogP contribution in [0.4, 0.5) is 0 Å². The quantitative estimate of drug-likeness (QED) is 0.773. The molecule has 1 aliphatic rings. The lowest BCUT2D eigenvalue weighted by Gasteiger charge is -2.29. The second kappa shape index (κ2) is 5.49. The van der Waals surface area contributed by atoms with Gasteiger partial charge in [-0.15, -0.1) is 0 Å². The summed E-state index contributed by atoms with van der Waals surface area (Å²) in [4.78, 5) is 22.9. The molecule has 1 atom stereocenters. The largest absolute Gasteiger partial charge is 0.480 e. The first-order valence-electron chi connectivity index (χ1n) is 5.98. The molecule has 5 heteroatoms. The molecule has 17 heavy (non-hydrogen) atoms. The normalized spacial score (nSPS) is 19.7. The molecule has 98 valence electrons. The Morgan fingerprint density at radius 3 is 2.35 bits per heavy atom. The SMILES string of the molecule is CC(C(=O)NC(C)(C)C(=O)O)C1CCOCC1. The Bertz CT molecular complexity index is 295. The van der Waals surface area contributed by atoms with Gasteiger partial charge in [-0.25, -0.2) is 4.79 Å². The zero-order valence-electron chi connectivity index (χ0n) is 10.7. The number of hydrogen-bond acceptors (Lipinski definition) is 3. The van der Waals surface area contributed by atoms with Crippen molar-refractivity contribution in [2.45, 2.75) is 39.2 Å². The standard InChI is InChI=1S/C12H21NO4/c1-8(9-4-6-17-7-5-9)10(14)13-12(2,3)11(15)16/h8-9H,4-7H2,1-3H3,(H,13,14)(H,15,16). The van der Waals surface area contributed by atoms with E-state index < -0.39 is 11.5 Å². The van der Waals surface area contributed by atoms with Crippen LogP contribution in [0.3, 0.4) is 0 Å². The molecule has 0 aromatic heterocycles. The van der Waals surface area contributed by atoms with Crippen molar-refractivity contribution in [3.05, 3.63) is 0 Å². The summed E-state index contributed by atoms with van der Waals surface area (Å²) < 4.78 is 5.24. The maximum absolute atomic E-state index is 11.9. The summed E-state index contributed by atoms with van der Waals surface area (Å²) in [7, 11) is 0. The minimum absolute atomic E-state index is 0.169. The van der Waals surface area contributed by atoms with Crippen LogP contribution in [0.1, 0.15) is 33.6 Å². The molecule has 0 spiro atoms. The van der Waals surface area contributed by atoms with E-state index in [2.05, 4.69) is 5.32 Å². The van der Waals surface area contributed by atoms with Crippen LogP contribution in [0.25, 0.3) is 0 Å². The number of carbonyl (C=O) groups excluding carboxylic acids is 1. The van der Waals surface area contributed by atoms with Gasteiger partial charge in [-0.05, 0) is 32.6 Å². The fourth-order valence-electron chi connectivity index (χ4n) is 1.91. The Morgan fingerprint density at radius 1 is 1.35 bits per heavy atom. The third kappa shape index (κ3) is 3.70. The van der Waals surface area contributed by atoms with E-state index in [1.807, 2.05) is 6.92 Å². The van der Waals surface area contributed by atoms with Crippen LogP contribution in [0.5, 0.6) is 0 Å². The maximum atomic E-state index is 11.9. The van der Waals surface area contributed by atoms with E-state index in [1.54, 1.807) is 0 Å². The Hall–Kier alpha value is -1.10. The van der Waals surface area contributed by atoms with Crippen molar-refractivity contribution in [3.63, 3.8) is 0 Å². The molecular weight excluding hydrogens is 222 g/mol. The molecule has 0 bridgehead atoms. The van der Waals surface area contributed by atoms with Gasteiger partial charge in [0, 0.05) is 19.1 Å². The van der Waals surface area contributed by atoms with E-state index >= 15 is 0 Å². The number of carboxylic acids is 1. The first-order valence-corrected chi connectivity index (χ1v) is 5.98. The van der Waals surface area contributed by atoms with Gasteiger partial charge < -0.3 is 15.2 Å². The highest BCUT2D eigenvalue weighted by atomic mass is 16.5. The van der Waals surface area contributed by atoms with E-state index in [9.17, 15) is 9.59 Å². The van der Waals surface area contributed by atoms with Gasteiger partial charge >= 0.3 is 5.97 Å². The molecule has 1 aliphatic heterocycles. The number of amides is 1. The number of carbonyl (C=O) groups is 2. The van der Waals surface area contributed by atoms with E-state index in [-0.39, 0.29) is 17.7 Å². The second-order valence-corrected chi connectivity index (χ2v) is 5.16. The van der Waals surface area contributed by atoms with E-state index in [0.717, 1.165) is 12.8 Å². The minimum atomic E-state index is -1.21. The van der Waals surface area contributed by atoms with Crippen LogP contribution in [0, 0.1) is 11.8 Å². The van der Waals surface area contributed by atoms with Crippen LogP contribution in [-0.2, 0) is 14.3 Å². The smallest absolute Gasteiger partial charge is 0.328 e. The van der Waals surface area contributed by atoms with Crippen molar-refractivity contribution < 1.29 is 19.4 Å². The van der Waals surface area contributed by atoms with Crippen molar-refractivity contribution in [3.8, 4) is 0 Å². The summed E-state index contributed by atoms with van der Waals surface area (Å²) in [5.74, 6) is -1.10. The van der Waals surface area contributed by atoms with Crippen molar-refractivity contribution in [1.29, 1.82) is 0 Å². The highest BCUT2D eigenvalue weighted by Gasteiger charge is 2.33. The van der Waals surface area contributed by atoms with Gasteiger partial charge in [-0.3, -0.25) is 4.79 Å². The van der Waals surface area contributed by atoms with Gasteiger partial charge in [-0.1, -0.05) is 6.92 Å². The van der Waals surface area contributed by atoms with Crippen molar-refractivity contribution in [2.24, 2.45) is 11.8 Å². The lowest BCUT2D eigenvalue weighted by molar-refractivity contribution is -0.147. The third-order valence-corrected chi connectivity index (χ3v) is 3.36. The molecule has 5 nitrogen and oxygen atoms in total. The van der Waals surface area contributed by atoms with Gasteiger partial charge in [0.1, 0.15) is 5.54 Å². The molecule has 1 fully saturated rings. The van der Waals surface area contributed by atoms with Gasteiger partial charge in [0.25, 0.3) is 0 Å². The number of nitrogens with one attached hydrogen (secondary N) is 1. The predicted molar refractivity (Wildman–Crippen MR) is 62.6 cm³/mol. The highest BCUT2D eigenvalue weighted by Crippen LogP contribution is 2.24. The van der Waals surface area contributed by atoms with E-state index in [4.69, 9.17) is 9.84 Å². The monoisotopic (exact) mass is 243 g/mol. The fraction of sp³-hybridized carbons (Fsp3) is 0.833. The molecular formula is C12H21NO4. The molecule has 1 heterocycles. The third-order valence-electron chi connectivity index (χ3n) is 3.36. The average Bonchev–Trinajstić information content (AvgIpc) is 2.28. The van der Waals surface area contributed by atoms with Crippen molar-refractivity contribution in [2.75, 3.05) is 13.2 Å². The topological polar surface area (TPSA) is 75.6 Å². The zero-order chi connectivity index (χ0) is 13.1.